The molecule has 1 heterocycles. The van der Waals surface area contributed by atoms with E-state index in [1.54, 1.807) is 0 Å². The number of nitrogens with one attached hydrogen (secondary N) is 3. The molecule has 0 saturated carbocycles. The Balaban J connectivity index is 3.13. The van der Waals surface area contributed by atoms with Crippen molar-refractivity contribution in [1.82, 2.24) is 25.9 Å². The number of rotatable bonds is 17. The Hall–Kier alpha value is -2.58. The van der Waals surface area contributed by atoms with Crippen LogP contribution < -0.4 is 16.6 Å². The number of carboxylic acid groups (broad SMARTS) is 3. The average Bonchev–Trinajstić information content (AvgIpc) is 3.22. The molecule has 0 radical (unpaired) electrons. The van der Waals surface area contributed by atoms with Crippen LogP contribution in [0.15, 0.2) is 12.5 Å². The van der Waals surface area contributed by atoms with Gasteiger partial charge in [-0.05, 0) is 19.3 Å². The molecule has 0 unspecified atom stereocenters. The highest BCUT2D eigenvalue weighted by atomic mass is 16.4. The highest BCUT2D eigenvalue weighted by Gasteiger charge is 2.33. The Morgan fingerprint density at radius 1 is 1.10 bits per heavy atom. The monoisotopic (exact) mass is 444 g/mol. The predicted molar refractivity (Wildman–Crippen MR) is 108 cm³/mol. The molecule has 0 aliphatic rings. The van der Waals surface area contributed by atoms with E-state index < -0.39 is 42.1 Å². The maximum atomic E-state index is 11.9. The Morgan fingerprint density at radius 3 is 2.23 bits per heavy atom. The summed E-state index contributed by atoms with van der Waals surface area (Å²) >= 11 is 0. The van der Waals surface area contributed by atoms with Crippen molar-refractivity contribution in [3.8, 4) is 0 Å². The molecule has 4 atom stereocenters. The molecule has 0 amide bonds. The summed E-state index contributed by atoms with van der Waals surface area (Å²) in [5.74, 6) is -3.81. The van der Waals surface area contributed by atoms with E-state index in [9.17, 15) is 34.8 Å². The summed E-state index contributed by atoms with van der Waals surface area (Å²) in [6.07, 6.45) is 3.27. The van der Waals surface area contributed by atoms with Gasteiger partial charge in [0.15, 0.2) is 0 Å². The van der Waals surface area contributed by atoms with Gasteiger partial charge in [0.25, 0.3) is 0 Å². The SMILES string of the molecule is CCCC[C@H](NN(N[C@@H](Cc1c[nH]cn1)C(=O)O)[C@@H](CC[C@@H](O)CN)C(=O)O)C(=O)O. The molecular formula is C18H32N6O7. The van der Waals surface area contributed by atoms with Crippen molar-refractivity contribution < 1.29 is 34.8 Å². The third-order valence-corrected chi connectivity index (χ3v) is 4.64. The van der Waals surface area contributed by atoms with E-state index in [2.05, 4.69) is 20.8 Å². The number of imidazole rings is 1. The number of hydrogen-bond donors (Lipinski definition) is 8. The molecule has 0 spiro atoms. The fourth-order valence-corrected chi connectivity index (χ4v) is 2.84. The molecule has 0 fully saturated rings. The summed E-state index contributed by atoms with van der Waals surface area (Å²) in [7, 11) is 0. The number of carboxylic acids is 3. The number of carbonyl (C=O) groups is 3. The molecule has 13 heteroatoms. The molecule has 13 nitrogen and oxygen atoms in total. The first-order valence-electron chi connectivity index (χ1n) is 10.0. The highest BCUT2D eigenvalue weighted by molar-refractivity contribution is 5.75. The van der Waals surface area contributed by atoms with Gasteiger partial charge < -0.3 is 31.1 Å². The van der Waals surface area contributed by atoms with Gasteiger partial charge in [-0.3, -0.25) is 14.4 Å². The second kappa shape index (κ2) is 13.7. The number of aromatic nitrogens is 2. The molecule has 176 valence electrons. The quantitative estimate of drug-likeness (QED) is 0.135. The van der Waals surface area contributed by atoms with Crippen molar-refractivity contribution >= 4 is 17.9 Å². The van der Waals surface area contributed by atoms with Crippen LogP contribution in [0.1, 0.15) is 44.7 Å². The molecule has 31 heavy (non-hydrogen) atoms. The minimum atomic E-state index is -1.37. The molecule has 1 aromatic heterocycles. The first-order valence-corrected chi connectivity index (χ1v) is 10.0. The molecule has 1 aromatic rings. The van der Waals surface area contributed by atoms with E-state index >= 15 is 0 Å². The van der Waals surface area contributed by atoms with Crippen molar-refractivity contribution in [2.45, 2.75) is 69.7 Å². The number of aromatic amines is 1. The molecule has 0 saturated heterocycles. The third-order valence-electron chi connectivity index (χ3n) is 4.64. The van der Waals surface area contributed by atoms with Crippen LogP contribution in [0.4, 0.5) is 0 Å². The molecular weight excluding hydrogens is 412 g/mol. The first-order chi connectivity index (χ1) is 14.7. The Morgan fingerprint density at radius 2 is 1.74 bits per heavy atom. The second-order valence-electron chi connectivity index (χ2n) is 7.14. The molecule has 0 aliphatic carbocycles. The molecule has 1 rings (SSSR count). The third kappa shape index (κ3) is 9.40. The number of aliphatic hydroxyl groups is 1. The van der Waals surface area contributed by atoms with E-state index in [0.717, 1.165) is 11.5 Å². The number of aliphatic hydroxyl groups excluding tert-OH is 1. The summed E-state index contributed by atoms with van der Waals surface area (Å²) in [6.45, 7) is 1.81. The van der Waals surface area contributed by atoms with Crippen molar-refractivity contribution in [3.63, 3.8) is 0 Å². The summed E-state index contributed by atoms with van der Waals surface area (Å²) in [5, 5.41) is 39.5. The number of aliphatic carboxylic acids is 3. The van der Waals surface area contributed by atoms with Gasteiger partial charge in [-0.1, -0.05) is 19.8 Å². The van der Waals surface area contributed by atoms with Gasteiger partial charge in [0.05, 0.1) is 18.1 Å². The zero-order valence-corrected chi connectivity index (χ0v) is 17.4. The summed E-state index contributed by atoms with van der Waals surface area (Å²) in [6, 6.07) is -3.81. The minimum absolute atomic E-state index is 0.0249. The molecule has 0 bridgehead atoms. The maximum Gasteiger partial charge on any atom is 0.323 e. The van der Waals surface area contributed by atoms with Gasteiger partial charge in [0.1, 0.15) is 18.1 Å². The minimum Gasteiger partial charge on any atom is -0.480 e. The average molecular weight is 444 g/mol. The number of nitrogens with two attached hydrogens (primary N) is 1. The van der Waals surface area contributed by atoms with Gasteiger partial charge in [0.2, 0.25) is 0 Å². The van der Waals surface area contributed by atoms with Crippen LogP contribution in [0.2, 0.25) is 0 Å². The van der Waals surface area contributed by atoms with Gasteiger partial charge >= 0.3 is 17.9 Å². The van der Waals surface area contributed by atoms with Gasteiger partial charge in [0, 0.05) is 19.2 Å². The number of H-pyrrole nitrogens is 1. The lowest BCUT2D eigenvalue weighted by atomic mass is 10.1. The van der Waals surface area contributed by atoms with Crippen LogP contribution >= 0.6 is 0 Å². The standard InChI is InChI=1S/C18H32N6O7/c1-2-3-4-13(16(26)27)22-24(15(18(30)31)6-5-12(25)8-19)23-14(17(28)29)7-11-9-20-10-21-11/h9-10,12-15,22-23,25H,2-8,19H2,1H3,(H,20,21)(H,26,27)(H,28,29)(H,30,31)/t12-,13+,14+,15+/m1/s1. The largest absolute Gasteiger partial charge is 0.480 e. The lowest BCUT2D eigenvalue weighted by Crippen LogP contribution is -2.64. The van der Waals surface area contributed by atoms with Crippen molar-refractivity contribution in [2.75, 3.05) is 6.54 Å². The van der Waals surface area contributed by atoms with Crippen molar-refractivity contribution in [3.05, 3.63) is 18.2 Å². The first kappa shape index (κ1) is 26.5. The molecule has 9 N–H and O–H groups in total. The van der Waals surface area contributed by atoms with E-state index in [-0.39, 0.29) is 32.2 Å². The van der Waals surface area contributed by atoms with Crippen molar-refractivity contribution in [1.29, 1.82) is 0 Å². The van der Waals surface area contributed by atoms with E-state index in [0.29, 0.717) is 12.1 Å². The van der Waals surface area contributed by atoms with E-state index in [4.69, 9.17) is 5.73 Å². The van der Waals surface area contributed by atoms with E-state index in [1.807, 2.05) is 6.92 Å². The lowest BCUT2D eigenvalue weighted by molar-refractivity contribution is -0.156. The Bertz CT molecular complexity index is 687. The van der Waals surface area contributed by atoms with Gasteiger partial charge in [-0.25, -0.2) is 15.8 Å². The highest BCUT2D eigenvalue weighted by Crippen LogP contribution is 2.11. The predicted octanol–water partition coefficient (Wildman–Crippen LogP) is -1.09. The molecule has 0 aromatic carbocycles. The summed E-state index contributed by atoms with van der Waals surface area (Å²) in [5.41, 5.74) is 11.0. The zero-order chi connectivity index (χ0) is 23.4. The van der Waals surface area contributed by atoms with Crippen LogP contribution in [0.3, 0.4) is 0 Å². The Labute approximate surface area is 179 Å². The van der Waals surface area contributed by atoms with Gasteiger partial charge in [-0.2, -0.15) is 5.12 Å². The second-order valence-corrected chi connectivity index (χ2v) is 7.14. The fraction of sp³-hybridized carbons (Fsp3) is 0.667. The fourth-order valence-electron chi connectivity index (χ4n) is 2.84. The normalized spacial score (nSPS) is 15.4. The summed E-state index contributed by atoms with van der Waals surface area (Å²) < 4.78 is 0. The van der Waals surface area contributed by atoms with Crippen LogP contribution in [-0.4, -0.2) is 84.2 Å². The van der Waals surface area contributed by atoms with Crippen LogP contribution in [0.5, 0.6) is 0 Å². The summed E-state index contributed by atoms with van der Waals surface area (Å²) in [4.78, 5) is 42.1. The van der Waals surface area contributed by atoms with E-state index in [1.165, 1.54) is 12.5 Å². The van der Waals surface area contributed by atoms with Crippen LogP contribution in [0, 0.1) is 0 Å². The zero-order valence-electron chi connectivity index (χ0n) is 17.4. The maximum absolute atomic E-state index is 11.9. The topological polar surface area (TPSA) is 214 Å². The van der Waals surface area contributed by atoms with Crippen LogP contribution in [0.25, 0.3) is 0 Å². The Kier molecular flexibility index (Phi) is 11.7. The number of unbranched alkanes of at least 4 members (excludes halogenated alkanes) is 1. The van der Waals surface area contributed by atoms with Crippen molar-refractivity contribution in [2.24, 2.45) is 5.73 Å². The number of hydrogen-bond acceptors (Lipinski definition) is 9. The van der Waals surface area contributed by atoms with Gasteiger partial charge in [-0.15, -0.1) is 0 Å². The number of hydrazine groups is 2. The molecule has 0 aliphatic heterocycles. The smallest absolute Gasteiger partial charge is 0.323 e. The number of nitrogens with zero attached hydrogens (tertiary/aromatic N) is 2. The van der Waals surface area contributed by atoms with Crippen LogP contribution in [-0.2, 0) is 20.8 Å². The lowest BCUT2D eigenvalue weighted by Gasteiger charge is -2.34.